The minimum absolute atomic E-state index is 0.747. The summed E-state index contributed by atoms with van der Waals surface area (Å²) in [5.74, 6) is 2.14. The summed E-state index contributed by atoms with van der Waals surface area (Å²) < 4.78 is 0. The first kappa shape index (κ1) is 9.55. The molecular formula is C13H24. The number of rotatable bonds is 1. The number of hydrogen-bond donors (Lipinski definition) is 0. The zero-order valence-corrected chi connectivity index (χ0v) is 9.31. The molecule has 2 rings (SSSR count). The lowest BCUT2D eigenvalue weighted by Crippen LogP contribution is -2.36. The standard InChI is InChI=1S/C13H24/c1-3-11-7-8-12-6-4-5-9-13(12,2)10-11/h11-12H,3-10H2,1-2H3. The Hall–Kier alpha value is 0. The summed E-state index contributed by atoms with van der Waals surface area (Å²) in [6.45, 7) is 4.94. The second-order valence-corrected chi connectivity index (χ2v) is 5.65. The molecule has 2 aliphatic carbocycles. The summed E-state index contributed by atoms with van der Waals surface area (Å²) in [5.41, 5.74) is 0.747. The van der Waals surface area contributed by atoms with Gasteiger partial charge in [-0.25, -0.2) is 0 Å². The molecule has 0 heterocycles. The molecule has 0 aromatic rings. The molecule has 0 bridgehead atoms. The highest BCUT2D eigenvalue weighted by Gasteiger charge is 2.40. The molecule has 76 valence electrons. The Bertz CT molecular complexity index is 173. The molecule has 0 amide bonds. The van der Waals surface area contributed by atoms with E-state index in [0.717, 1.165) is 17.3 Å². The van der Waals surface area contributed by atoms with Gasteiger partial charge in [-0.1, -0.05) is 39.5 Å². The molecule has 0 aliphatic heterocycles. The van der Waals surface area contributed by atoms with Gasteiger partial charge in [-0.05, 0) is 42.9 Å². The lowest BCUT2D eigenvalue weighted by atomic mass is 9.58. The first-order valence-corrected chi connectivity index (χ1v) is 6.24. The molecule has 0 spiro atoms. The molecule has 2 aliphatic rings. The Balaban J connectivity index is 2.03. The van der Waals surface area contributed by atoms with E-state index in [2.05, 4.69) is 13.8 Å². The van der Waals surface area contributed by atoms with E-state index >= 15 is 0 Å². The Labute approximate surface area is 83.1 Å². The first-order valence-electron chi connectivity index (χ1n) is 6.24. The van der Waals surface area contributed by atoms with Crippen molar-refractivity contribution in [3.63, 3.8) is 0 Å². The summed E-state index contributed by atoms with van der Waals surface area (Å²) >= 11 is 0. The molecular weight excluding hydrogens is 156 g/mol. The van der Waals surface area contributed by atoms with Crippen LogP contribution in [0.2, 0.25) is 0 Å². The van der Waals surface area contributed by atoms with Crippen LogP contribution in [0.3, 0.4) is 0 Å². The largest absolute Gasteiger partial charge is 0.0651 e. The average molecular weight is 180 g/mol. The van der Waals surface area contributed by atoms with Gasteiger partial charge in [0.15, 0.2) is 0 Å². The summed E-state index contributed by atoms with van der Waals surface area (Å²) in [6, 6.07) is 0. The second kappa shape index (κ2) is 3.63. The predicted molar refractivity (Wildman–Crippen MR) is 57.7 cm³/mol. The van der Waals surface area contributed by atoms with Crippen LogP contribution in [0.15, 0.2) is 0 Å². The van der Waals surface area contributed by atoms with E-state index in [-0.39, 0.29) is 0 Å². The summed E-state index contributed by atoms with van der Waals surface area (Å²) in [7, 11) is 0. The molecule has 0 N–H and O–H groups in total. The second-order valence-electron chi connectivity index (χ2n) is 5.65. The summed E-state index contributed by atoms with van der Waals surface area (Å²) in [5, 5.41) is 0. The van der Waals surface area contributed by atoms with E-state index in [4.69, 9.17) is 0 Å². The highest BCUT2D eigenvalue weighted by molar-refractivity contribution is 4.91. The first-order chi connectivity index (χ1) is 6.24. The quantitative estimate of drug-likeness (QED) is 0.561. The third-order valence-corrected chi connectivity index (χ3v) is 4.79. The molecule has 0 aromatic heterocycles. The maximum atomic E-state index is 2.57. The Morgan fingerprint density at radius 3 is 2.77 bits per heavy atom. The zero-order chi connectivity index (χ0) is 9.31. The van der Waals surface area contributed by atoms with Crippen LogP contribution in [0, 0.1) is 17.3 Å². The third kappa shape index (κ3) is 1.78. The molecule has 0 aromatic carbocycles. The normalized spacial score (nSPS) is 45.7. The van der Waals surface area contributed by atoms with Crippen molar-refractivity contribution in [2.45, 2.75) is 65.2 Å². The highest BCUT2D eigenvalue weighted by Crippen LogP contribution is 2.52. The van der Waals surface area contributed by atoms with E-state index in [0.29, 0.717) is 0 Å². The van der Waals surface area contributed by atoms with Crippen molar-refractivity contribution in [2.24, 2.45) is 17.3 Å². The molecule has 3 atom stereocenters. The smallest absolute Gasteiger partial charge is 0.0295 e. The van der Waals surface area contributed by atoms with Crippen molar-refractivity contribution in [3.05, 3.63) is 0 Å². The van der Waals surface area contributed by atoms with Crippen LogP contribution in [0.5, 0.6) is 0 Å². The molecule has 0 heteroatoms. The monoisotopic (exact) mass is 180 g/mol. The molecule has 13 heavy (non-hydrogen) atoms. The van der Waals surface area contributed by atoms with Gasteiger partial charge in [0.05, 0.1) is 0 Å². The highest BCUT2D eigenvalue weighted by atomic mass is 14.5. The van der Waals surface area contributed by atoms with Crippen LogP contribution in [-0.2, 0) is 0 Å². The van der Waals surface area contributed by atoms with E-state index in [9.17, 15) is 0 Å². The van der Waals surface area contributed by atoms with Gasteiger partial charge in [-0.3, -0.25) is 0 Å². The van der Waals surface area contributed by atoms with Gasteiger partial charge in [-0.15, -0.1) is 0 Å². The van der Waals surface area contributed by atoms with E-state index in [1.54, 1.807) is 0 Å². The van der Waals surface area contributed by atoms with Gasteiger partial charge >= 0.3 is 0 Å². The van der Waals surface area contributed by atoms with Crippen molar-refractivity contribution in [3.8, 4) is 0 Å². The maximum Gasteiger partial charge on any atom is -0.0295 e. The Morgan fingerprint density at radius 1 is 1.15 bits per heavy atom. The van der Waals surface area contributed by atoms with Crippen molar-refractivity contribution < 1.29 is 0 Å². The van der Waals surface area contributed by atoms with Crippen molar-refractivity contribution in [1.29, 1.82) is 0 Å². The molecule has 0 radical (unpaired) electrons. The molecule has 0 nitrogen and oxygen atoms in total. The molecule has 3 unspecified atom stereocenters. The van der Waals surface area contributed by atoms with Gasteiger partial charge in [0.1, 0.15) is 0 Å². The van der Waals surface area contributed by atoms with Crippen LogP contribution < -0.4 is 0 Å². The molecule has 2 fully saturated rings. The van der Waals surface area contributed by atoms with E-state index in [1.165, 1.54) is 51.4 Å². The maximum absolute atomic E-state index is 2.57. The summed E-state index contributed by atoms with van der Waals surface area (Å²) in [6.07, 6.45) is 12.1. The van der Waals surface area contributed by atoms with Gasteiger partial charge in [0, 0.05) is 0 Å². The van der Waals surface area contributed by atoms with Gasteiger partial charge < -0.3 is 0 Å². The van der Waals surface area contributed by atoms with E-state index in [1.807, 2.05) is 0 Å². The van der Waals surface area contributed by atoms with Gasteiger partial charge in [-0.2, -0.15) is 0 Å². The number of fused-ring (bicyclic) bond motifs is 1. The van der Waals surface area contributed by atoms with Crippen molar-refractivity contribution >= 4 is 0 Å². The minimum Gasteiger partial charge on any atom is -0.0651 e. The van der Waals surface area contributed by atoms with Crippen LogP contribution in [0.1, 0.15) is 65.2 Å². The fourth-order valence-corrected chi connectivity index (χ4v) is 3.78. The fourth-order valence-electron chi connectivity index (χ4n) is 3.78. The minimum atomic E-state index is 0.747. The lowest BCUT2D eigenvalue weighted by Gasteiger charge is -2.48. The van der Waals surface area contributed by atoms with Crippen LogP contribution in [-0.4, -0.2) is 0 Å². The van der Waals surface area contributed by atoms with Gasteiger partial charge in [0.2, 0.25) is 0 Å². The third-order valence-electron chi connectivity index (χ3n) is 4.79. The molecule has 2 saturated carbocycles. The molecule has 0 saturated heterocycles. The Morgan fingerprint density at radius 2 is 2.00 bits per heavy atom. The topological polar surface area (TPSA) is 0 Å². The van der Waals surface area contributed by atoms with Crippen LogP contribution >= 0.6 is 0 Å². The van der Waals surface area contributed by atoms with Crippen molar-refractivity contribution in [2.75, 3.05) is 0 Å². The fraction of sp³-hybridized carbons (Fsp3) is 1.00. The van der Waals surface area contributed by atoms with E-state index < -0.39 is 0 Å². The predicted octanol–water partition coefficient (Wildman–Crippen LogP) is 4.39. The zero-order valence-electron chi connectivity index (χ0n) is 9.31. The lowest BCUT2D eigenvalue weighted by molar-refractivity contribution is 0.0329. The Kier molecular flexibility index (Phi) is 2.67. The SMILES string of the molecule is CCC1CCC2CCCCC2(C)C1. The van der Waals surface area contributed by atoms with Crippen LogP contribution in [0.4, 0.5) is 0 Å². The van der Waals surface area contributed by atoms with Crippen molar-refractivity contribution in [1.82, 2.24) is 0 Å². The summed E-state index contributed by atoms with van der Waals surface area (Å²) in [4.78, 5) is 0. The van der Waals surface area contributed by atoms with Gasteiger partial charge in [0.25, 0.3) is 0 Å². The van der Waals surface area contributed by atoms with Crippen LogP contribution in [0.25, 0.3) is 0 Å². The average Bonchev–Trinajstić information content (AvgIpc) is 2.16. The number of hydrogen-bond acceptors (Lipinski definition) is 0.